The van der Waals surface area contributed by atoms with E-state index in [1.54, 1.807) is 51.9 Å². The van der Waals surface area contributed by atoms with E-state index in [0.29, 0.717) is 30.3 Å². The van der Waals surface area contributed by atoms with Gasteiger partial charge in [-0.2, -0.15) is 4.31 Å². The number of pyridine rings is 1. The number of hydrogen-bond acceptors (Lipinski definition) is 6. The summed E-state index contributed by atoms with van der Waals surface area (Å²) in [6.45, 7) is 1.03. The minimum Gasteiger partial charge on any atom is -0.338 e. The normalized spacial score (nSPS) is 20.3. The van der Waals surface area contributed by atoms with Gasteiger partial charge in [0.05, 0.1) is 5.88 Å². The van der Waals surface area contributed by atoms with E-state index in [4.69, 9.17) is 0 Å². The lowest BCUT2D eigenvalue weighted by Gasteiger charge is -2.36. The highest BCUT2D eigenvalue weighted by atomic mass is 32.2. The molecule has 4 rings (SSSR count). The third kappa shape index (κ3) is 4.07. The molecule has 2 saturated heterocycles. The van der Waals surface area contributed by atoms with Crippen molar-refractivity contribution in [3.63, 3.8) is 0 Å². The third-order valence-electron chi connectivity index (χ3n) is 5.27. The fourth-order valence-corrected chi connectivity index (χ4v) is 6.13. The highest BCUT2D eigenvalue weighted by Gasteiger charge is 2.39. The number of sulfonamides is 1. The number of benzene rings is 1. The quantitative estimate of drug-likeness (QED) is 0.699. The van der Waals surface area contributed by atoms with Gasteiger partial charge in [0.15, 0.2) is 0 Å². The van der Waals surface area contributed by atoms with Crippen LogP contribution in [0.5, 0.6) is 0 Å². The Morgan fingerprint density at radius 3 is 2.40 bits per heavy atom. The predicted octanol–water partition coefficient (Wildman–Crippen LogP) is 1.13. The lowest BCUT2D eigenvalue weighted by Crippen LogP contribution is -2.55. The molecular weight excluding hydrogens is 424 g/mol. The van der Waals surface area contributed by atoms with E-state index in [9.17, 15) is 18.0 Å². The Labute approximate surface area is 179 Å². The number of thioether (sulfide) groups is 1. The van der Waals surface area contributed by atoms with Crippen LogP contribution in [-0.4, -0.2) is 83.2 Å². The van der Waals surface area contributed by atoms with Crippen LogP contribution in [0.15, 0.2) is 59.8 Å². The molecule has 2 fully saturated rings. The van der Waals surface area contributed by atoms with E-state index in [2.05, 4.69) is 4.98 Å². The molecule has 0 bridgehead atoms. The number of rotatable bonds is 4. The van der Waals surface area contributed by atoms with Crippen LogP contribution in [0, 0.1) is 0 Å². The number of piperazine rings is 1. The molecule has 10 heteroatoms. The van der Waals surface area contributed by atoms with Crippen molar-refractivity contribution in [2.45, 2.75) is 10.9 Å². The van der Waals surface area contributed by atoms with Gasteiger partial charge in [-0.05, 0) is 24.3 Å². The third-order valence-corrected chi connectivity index (χ3v) is 8.17. The lowest BCUT2D eigenvalue weighted by atomic mass is 10.1. The number of carbonyl (C=O) groups is 2. The summed E-state index contributed by atoms with van der Waals surface area (Å²) in [5, 5.41) is 0. The van der Waals surface area contributed by atoms with Gasteiger partial charge in [-0.3, -0.25) is 14.6 Å². The van der Waals surface area contributed by atoms with Crippen LogP contribution < -0.4 is 0 Å². The SMILES string of the molecule is O=C([C@@H]1CSCN1C(=O)c1ccccc1)N1CCN(S(=O)(=O)c2cccnc2)CC1. The van der Waals surface area contributed by atoms with Crippen molar-refractivity contribution < 1.29 is 18.0 Å². The molecule has 2 aliphatic heterocycles. The average molecular weight is 447 g/mol. The van der Waals surface area contributed by atoms with Gasteiger partial charge in [-0.25, -0.2) is 8.42 Å². The molecule has 8 nitrogen and oxygen atoms in total. The maximum atomic E-state index is 13.1. The molecule has 0 spiro atoms. The molecule has 3 heterocycles. The first-order chi connectivity index (χ1) is 14.5. The molecule has 0 radical (unpaired) electrons. The fraction of sp³-hybridized carbons (Fsp3) is 0.350. The van der Waals surface area contributed by atoms with Gasteiger partial charge in [-0.15, -0.1) is 11.8 Å². The van der Waals surface area contributed by atoms with E-state index in [1.165, 1.54) is 22.8 Å². The van der Waals surface area contributed by atoms with Crippen molar-refractivity contribution in [1.82, 2.24) is 19.1 Å². The summed E-state index contributed by atoms with van der Waals surface area (Å²) >= 11 is 1.55. The highest BCUT2D eigenvalue weighted by molar-refractivity contribution is 7.99. The van der Waals surface area contributed by atoms with Crippen molar-refractivity contribution >= 4 is 33.6 Å². The van der Waals surface area contributed by atoms with Crippen LogP contribution in [0.1, 0.15) is 10.4 Å². The van der Waals surface area contributed by atoms with Crippen molar-refractivity contribution in [3.05, 3.63) is 60.4 Å². The molecule has 0 unspecified atom stereocenters. The molecule has 30 heavy (non-hydrogen) atoms. The van der Waals surface area contributed by atoms with E-state index in [-0.39, 0.29) is 29.8 Å². The van der Waals surface area contributed by atoms with E-state index >= 15 is 0 Å². The number of hydrogen-bond donors (Lipinski definition) is 0. The molecular formula is C20H22N4O4S2. The maximum absolute atomic E-state index is 13.1. The number of amides is 2. The maximum Gasteiger partial charge on any atom is 0.255 e. The van der Waals surface area contributed by atoms with Gasteiger partial charge in [-0.1, -0.05) is 18.2 Å². The number of nitrogens with zero attached hydrogens (tertiary/aromatic N) is 4. The lowest BCUT2D eigenvalue weighted by molar-refractivity contribution is -0.136. The van der Waals surface area contributed by atoms with Crippen LogP contribution in [0.4, 0.5) is 0 Å². The Morgan fingerprint density at radius 2 is 1.73 bits per heavy atom. The first-order valence-electron chi connectivity index (χ1n) is 9.61. The van der Waals surface area contributed by atoms with Gasteiger partial charge in [0.1, 0.15) is 10.9 Å². The Balaban J connectivity index is 1.41. The van der Waals surface area contributed by atoms with Crippen molar-refractivity contribution in [2.75, 3.05) is 37.8 Å². The summed E-state index contributed by atoms with van der Waals surface area (Å²) in [5.41, 5.74) is 0.560. The summed E-state index contributed by atoms with van der Waals surface area (Å²) in [6.07, 6.45) is 2.85. The zero-order chi connectivity index (χ0) is 21.1. The molecule has 2 aliphatic rings. The molecule has 158 valence electrons. The second-order valence-electron chi connectivity index (χ2n) is 7.07. The van der Waals surface area contributed by atoms with Gasteiger partial charge >= 0.3 is 0 Å². The topological polar surface area (TPSA) is 90.9 Å². The summed E-state index contributed by atoms with van der Waals surface area (Å²) in [7, 11) is -3.63. The Kier molecular flexibility index (Phi) is 6.07. The zero-order valence-electron chi connectivity index (χ0n) is 16.3. The summed E-state index contributed by atoms with van der Waals surface area (Å²) in [6, 6.07) is 11.5. The first-order valence-corrected chi connectivity index (χ1v) is 12.2. The largest absolute Gasteiger partial charge is 0.338 e. The van der Waals surface area contributed by atoms with E-state index < -0.39 is 16.1 Å². The summed E-state index contributed by atoms with van der Waals surface area (Å²) in [5.74, 6) is 0.741. The second-order valence-corrected chi connectivity index (χ2v) is 10.0. The highest BCUT2D eigenvalue weighted by Crippen LogP contribution is 2.25. The monoisotopic (exact) mass is 446 g/mol. The van der Waals surface area contributed by atoms with E-state index in [1.807, 2.05) is 6.07 Å². The Morgan fingerprint density at radius 1 is 1.00 bits per heavy atom. The van der Waals surface area contributed by atoms with Crippen molar-refractivity contribution in [2.24, 2.45) is 0 Å². The molecule has 2 amide bonds. The molecule has 0 N–H and O–H groups in total. The molecule has 1 aromatic heterocycles. The van der Waals surface area contributed by atoms with Crippen LogP contribution >= 0.6 is 11.8 Å². The van der Waals surface area contributed by atoms with Crippen LogP contribution in [0.3, 0.4) is 0 Å². The molecule has 0 aliphatic carbocycles. The van der Waals surface area contributed by atoms with Gasteiger partial charge < -0.3 is 9.80 Å². The zero-order valence-corrected chi connectivity index (χ0v) is 17.9. The van der Waals surface area contributed by atoms with E-state index in [0.717, 1.165) is 0 Å². The first kappa shape index (κ1) is 20.8. The van der Waals surface area contributed by atoms with Crippen molar-refractivity contribution in [3.8, 4) is 0 Å². The van der Waals surface area contributed by atoms with Gasteiger partial charge in [0.25, 0.3) is 5.91 Å². The molecule has 1 atom stereocenters. The van der Waals surface area contributed by atoms with Crippen LogP contribution in [-0.2, 0) is 14.8 Å². The minimum absolute atomic E-state index is 0.122. The van der Waals surface area contributed by atoms with Crippen LogP contribution in [0.2, 0.25) is 0 Å². The smallest absolute Gasteiger partial charge is 0.255 e. The second kappa shape index (κ2) is 8.75. The summed E-state index contributed by atoms with van der Waals surface area (Å²) in [4.78, 5) is 33.3. The number of carbonyl (C=O) groups excluding carboxylic acids is 2. The Bertz CT molecular complexity index is 1010. The van der Waals surface area contributed by atoms with Gasteiger partial charge in [0, 0.05) is 49.9 Å². The average Bonchev–Trinajstić information content (AvgIpc) is 3.29. The fourth-order valence-electron chi connectivity index (χ4n) is 3.60. The molecule has 0 saturated carbocycles. The van der Waals surface area contributed by atoms with Gasteiger partial charge in [0.2, 0.25) is 15.9 Å². The standard InChI is InChI=1S/C20H22N4O4S2/c25-19(16-5-2-1-3-6-16)24-15-29-14-18(24)20(26)22-9-11-23(12-10-22)30(27,28)17-7-4-8-21-13-17/h1-8,13,18H,9-12,14-15H2/t18-/m0/s1. The summed E-state index contributed by atoms with van der Waals surface area (Å²) < 4.78 is 26.9. The predicted molar refractivity (Wildman–Crippen MR) is 113 cm³/mol. The van der Waals surface area contributed by atoms with Crippen molar-refractivity contribution in [1.29, 1.82) is 0 Å². The Hall–Kier alpha value is -2.43. The minimum atomic E-state index is -3.63. The molecule has 1 aromatic carbocycles. The van der Waals surface area contributed by atoms with Crippen LogP contribution in [0.25, 0.3) is 0 Å². The number of aromatic nitrogens is 1. The molecule has 2 aromatic rings.